The molecule has 0 saturated heterocycles. The molecular weight excluding hydrogens is 390 g/mol. The summed E-state index contributed by atoms with van der Waals surface area (Å²) in [6, 6.07) is -0.632. The first-order valence-electron chi connectivity index (χ1n) is 10.7. The highest BCUT2D eigenvalue weighted by atomic mass is 32.1. The smallest absolute Gasteiger partial charge is 0.328 e. The molecule has 0 heterocycles. The average Bonchev–Trinajstić information content (AvgIpc) is 2.67. The van der Waals surface area contributed by atoms with Gasteiger partial charge < -0.3 is 25.8 Å². The van der Waals surface area contributed by atoms with Crippen molar-refractivity contribution in [1.82, 2.24) is 10.6 Å². The maximum Gasteiger partial charge on any atom is 0.328 e. The van der Waals surface area contributed by atoms with Gasteiger partial charge in [0.2, 0.25) is 5.91 Å². The summed E-state index contributed by atoms with van der Waals surface area (Å²) in [6.07, 6.45) is 0.845. The maximum atomic E-state index is 12.9. The summed E-state index contributed by atoms with van der Waals surface area (Å²) in [5.74, 6) is 0.447. The van der Waals surface area contributed by atoms with Crippen LogP contribution >= 0.6 is 12.6 Å². The van der Waals surface area contributed by atoms with Crippen molar-refractivity contribution in [3.8, 4) is 0 Å². The first kappa shape index (κ1) is 28.2. The second kappa shape index (κ2) is 15.0. The lowest BCUT2D eigenvalue weighted by molar-refractivity contribution is -0.148. The molecule has 0 radical (unpaired) electrons. The van der Waals surface area contributed by atoms with Crippen molar-refractivity contribution < 1.29 is 19.1 Å². The number of thiol groups is 1. The van der Waals surface area contributed by atoms with Crippen LogP contribution < -0.4 is 16.4 Å². The molecule has 0 bridgehead atoms. The van der Waals surface area contributed by atoms with Gasteiger partial charge in [-0.05, 0) is 24.2 Å². The van der Waals surface area contributed by atoms with Crippen LogP contribution in [0, 0.1) is 17.8 Å². The van der Waals surface area contributed by atoms with E-state index in [-0.39, 0.29) is 29.8 Å². The summed E-state index contributed by atoms with van der Waals surface area (Å²) >= 11 is 4.22. The summed E-state index contributed by atoms with van der Waals surface area (Å²) < 4.78 is 10.9. The van der Waals surface area contributed by atoms with E-state index in [0.717, 1.165) is 6.42 Å². The van der Waals surface area contributed by atoms with E-state index in [1.54, 1.807) is 0 Å². The molecule has 5 atom stereocenters. The fourth-order valence-corrected chi connectivity index (χ4v) is 3.07. The predicted octanol–water partition coefficient (Wildman–Crippen LogP) is 1.99. The third-order valence-corrected chi connectivity index (χ3v) is 5.51. The van der Waals surface area contributed by atoms with Crippen LogP contribution in [0.1, 0.15) is 54.4 Å². The van der Waals surface area contributed by atoms with Gasteiger partial charge in [-0.25, -0.2) is 4.79 Å². The van der Waals surface area contributed by atoms with E-state index in [9.17, 15) is 9.59 Å². The molecule has 0 aromatic rings. The number of carbonyl (C=O) groups is 2. The van der Waals surface area contributed by atoms with Gasteiger partial charge in [-0.1, -0.05) is 48.0 Å². The minimum atomic E-state index is -0.672. The van der Waals surface area contributed by atoms with Gasteiger partial charge in [-0.15, -0.1) is 0 Å². The Labute approximate surface area is 182 Å². The van der Waals surface area contributed by atoms with E-state index in [0.29, 0.717) is 31.2 Å². The number of nitrogens with one attached hydrogen (secondary N) is 2. The molecule has 0 aromatic carbocycles. The Morgan fingerprint density at radius 2 is 1.76 bits per heavy atom. The van der Waals surface area contributed by atoms with Gasteiger partial charge in [0, 0.05) is 24.4 Å². The van der Waals surface area contributed by atoms with Crippen LogP contribution in [0.4, 0.5) is 0 Å². The van der Waals surface area contributed by atoms with Crippen LogP contribution in [0.5, 0.6) is 0 Å². The fraction of sp³-hybridized carbons (Fsp3) is 0.905. The van der Waals surface area contributed by atoms with Gasteiger partial charge in [-0.3, -0.25) is 4.79 Å². The van der Waals surface area contributed by atoms with E-state index < -0.39 is 18.1 Å². The lowest BCUT2D eigenvalue weighted by Gasteiger charge is -2.29. The van der Waals surface area contributed by atoms with Crippen molar-refractivity contribution in [1.29, 1.82) is 0 Å². The Morgan fingerprint density at radius 1 is 1.14 bits per heavy atom. The summed E-state index contributed by atoms with van der Waals surface area (Å²) in [5.41, 5.74) is 5.96. The van der Waals surface area contributed by atoms with E-state index in [4.69, 9.17) is 15.2 Å². The zero-order valence-electron chi connectivity index (χ0n) is 19.2. The number of rotatable bonds is 15. The maximum absolute atomic E-state index is 12.9. The molecule has 0 saturated carbocycles. The molecular formula is C21H43N3O4S. The number of hydrogen-bond acceptors (Lipinski definition) is 7. The van der Waals surface area contributed by atoms with Crippen LogP contribution in [0.25, 0.3) is 0 Å². The number of amides is 1. The highest BCUT2D eigenvalue weighted by molar-refractivity contribution is 7.80. The Morgan fingerprint density at radius 3 is 2.21 bits per heavy atom. The van der Waals surface area contributed by atoms with Crippen LogP contribution in [0.2, 0.25) is 0 Å². The topological polar surface area (TPSA) is 103 Å². The Hall–Kier alpha value is -0.830. The predicted molar refractivity (Wildman–Crippen MR) is 121 cm³/mol. The van der Waals surface area contributed by atoms with Gasteiger partial charge in [-0.2, -0.15) is 12.6 Å². The third-order valence-electron chi connectivity index (χ3n) is 5.04. The molecule has 0 aliphatic heterocycles. The summed E-state index contributed by atoms with van der Waals surface area (Å²) in [6.45, 7) is 13.2. The summed E-state index contributed by atoms with van der Waals surface area (Å²) in [7, 11) is 1.33. The molecule has 0 aliphatic carbocycles. The van der Waals surface area contributed by atoms with Gasteiger partial charge in [0.1, 0.15) is 12.1 Å². The van der Waals surface area contributed by atoms with Gasteiger partial charge in [0.15, 0.2) is 0 Å². The van der Waals surface area contributed by atoms with Gasteiger partial charge in [0.05, 0.1) is 13.7 Å². The van der Waals surface area contributed by atoms with Gasteiger partial charge >= 0.3 is 5.97 Å². The number of methoxy groups -OCH3 is 1. The second-order valence-corrected chi connectivity index (χ2v) is 8.92. The van der Waals surface area contributed by atoms with Crippen molar-refractivity contribution in [3.63, 3.8) is 0 Å². The molecule has 4 N–H and O–H groups in total. The van der Waals surface area contributed by atoms with Crippen molar-refractivity contribution in [2.24, 2.45) is 23.5 Å². The van der Waals surface area contributed by atoms with E-state index in [1.807, 2.05) is 27.7 Å². The normalized spacial score (nSPS) is 16.9. The minimum absolute atomic E-state index is 0.0362. The summed E-state index contributed by atoms with van der Waals surface area (Å²) in [4.78, 5) is 24.9. The lowest BCUT2D eigenvalue weighted by Crippen LogP contribution is -2.51. The number of ether oxygens (including phenoxy) is 2. The first-order valence-corrected chi connectivity index (χ1v) is 11.3. The average molecular weight is 434 g/mol. The van der Waals surface area contributed by atoms with Crippen molar-refractivity contribution in [2.75, 3.05) is 26.0 Å². The van der Waals surface area contributed by atoms with Gasteiger partial charge in [0.25, 0.3) is 0 Å². The zero-order valence-corrected chi connectivity index (χ0v) is 20.1. The van der Waals surface area contributed by atoms with E-state index in [1.165, 1.54) is 7.11 Å². The van der Waals surface area contributed by atoms with E-state index >= 15 is 0 Å². The van der Waals surface area contributed by atoms with Crippen LogP contribution in [0.3, 0.4) is 0 Å². The number of carbonyl (C=O) groups excluding carboxylic acids is 2. The fourth-order valence-electron chi connectivity index (χ4n) is 2.94. The molecule has 2 unspecified atom stereocenters. The van der Waals surface area contributed by atoms with Crippen molar-refractivity contribution in [3.05, 3.63) is 0 Å². The Bertz CT molecular complexity index is 477. The van der Waals surface area contributed by atoms with Crippen molar-refractivity contribution >= 4 is 24.5 Å². The van der Waals surface area contributed by atoms with Crippen LogP contribution in [-0.2, 0) is 19.1 Å². The number of hydrogen-bond donors (Lipinski definition) is 4. The number of esters is 1. The molecule has 7 nitrogen and oxygen atoms in total. The molecule has 29 heavy (non-hydrogen) atoms. The zero-order chi connectivity index (χ0) is 22.6. The van der Waals surface area contributed by atoms with E-state index in [2.05, 4.69) is 37.1 Å². The number of nitrogens with two attached hydrogens (primary N) is 1. The van der Waals surface area contributed by atoms with Crippen LogP contribution in [0.15, 0.2) is 0 Å². The Kier molecular flexibility index (Phi) is 14.6. The SMILES string of the molecule is CCC(C)C(CO[C@H](C(=O)N[C@@H](CC(C)C)C(=O)OC)C(C)C)NC[C@@H](N)CS. The molecule has 0 spiro atoms. The molecule has 8 heteroatoms. The Balaban J connectivity index is 5.07. The van der Waals surface area contributed by atoms with Crippen molar-refractivity contribution in [2.45, 2.75) is 78.6 Å². The largest absolute Gasteiger partial charge is 0.467 e. The summed E-state index contributed by atoms with van der Waals surface area (Å²) in [5, 5.41) is 6.26. The lowest BCUT2D eigenvalue weighted by atomic mass is 9.99. The third kappa shape index (κ3) is 11.2. The second-order valence-electron chi connectivity index (χ2n) is 8.55. The molecule has 0 aromatic heterocycles. The molecule has 1 amide bonds. The monoisotopic (exact) mass is 433 g/mol. The molecule has 0 rings (SSSR count). The molecule has 0 aliphatic rings. The molecule has 0 fully saturated rings. The quantitative estimate of drug-likeness (QED) is 0.233. The molecule has 172 valence electrons. The standard InChI is InChI=1S/C21H43N3O4S/c1-8-15(6)18(23-10-16(22)12-29)11-28-19(14(4)5)20(25)24-17(9-13(2)3)21(26)27-7/h13-19,23,29H,8-12,22H2,1-7H3,(H,24,25)/t15?,16-,17+,18?,19+/m1/s1. The van der Waals surface area contributed by atoms with Crippen LogP contribution in [-0.4, -0.2) is 62.1 Å². The first-order chi connectivity index (χ1) is 13.6. The highest BCUT2D eigenvalue weighted by Crippen LogP contribution is 2.14. The minimum Gasteiger partial charge on any atom is -0.467 e. The highest BCUT2D eigenvalue weighted by Gasteiger charge is 2.30.